The lowest BCUT2D eigenvalue weighted by Crippen LogP contribution is -2.31. The summed E-state index contributed by atoms with van der Waals surface area (Å²) in [5.74, 6) is -0.407. The van der Waals surface area contributed by atoms with Crippen molar-refractivity contribution in [3.05, 3.63) is 30.1 Å². The van der Waals surface area contributed by atoms with Crippen LogP contribution >= 0.6 is 11.8 Å². The predicted molar refractivity (Wildman–Crippen MR) is 78.3 cm³/mol. The lowest BCUT2D eigenvalue weighted by molar-refractivity contribution is -0.120. The highest BCUT2D eigenvalue weighted by atomic mass is 32.2. The topological polar surface area (TPSA) is 68.0 Å². The number of nitrogens with zero attached hydrogens (tertiary/aromatic N) is 2. The summed E-state index contributed by atoms with van der Waals surface area (Å²) in [4.78, 5) is 11.8. The van der Waals surface area contributed by atoms with Gasteiger partial charge in [0.05, 0.1) is 10.8 Å². The molecule has 0 aliphatic carbocycles. The minimum atomic E-state index is -0.425. The molecule has 1 atom stereocenters. The van der Waals surface area contributed by atoms with Gasteiger partial charge in [0, 0.05) is 6.54 Å². The Morgan fingerprint density at radius 1 is 1.43 bits per heavy atom. The molecule has 21 heavy (non-hydrogen) atoms. The predicted octanol–water partition coefficient (Wildman–Crippen LogP) is 2.88. The third-order valence-electron chi connectivity index (χ3n) is 2.71. The van der Waals surface area contributed by atoms with Crippen LogP contribution < -0.4 is 5.32 Å². The molecule has 0 aliphatic heterocycles. The van der Waals surface area contributed by atoms with E-state index in [-0.39, 0.29) is 27.8 Å². The largest absolute Gasteiger partial charge is 0.411 e. The summed E-state index contributed by atoms with van der Waals surface area (Å²) in [7, 11) is 0. The molecular weight excluding hydrogens is 293 g/mol. The van der Waals surface area contributed by atoms with Crippen LogP contribution in [0.3, 0.4) is 0 Å². The van der Waals surface area contributed by atoms with Crippen molar-refractivity contribution >= 4 is 17.7 Å². The van der Waals surface area contributed by atoms with E-state index in [0.29, 0.717) is 6.54 Å². The third-order valence-corrected chi connectivity index (χ3v) is 3.64. The zero-order valence-electron chi connectivity index (χ0n) is 11.8. The number of thioether (sulfide) groups is 1. The second-order valence-corrected chi connectivity index (χ2v) is 5.70. The van der Waals surface area contributed by atoms with Crippen molar-refractivity contribution < 1.29 is 13.6 Å². The highest BCUT2D eigenvalue weighted by molar-refractivity contribution is 8.00. The third kappa shape index (κ3) is 4.04. The van der Waals surface area contributed by atoms with Gasteiger partial charge >= 0.3 is 0 Å². The van der Waals surface area contributed by atoms with Crippen molar-refractivity contribution in [3.8, 4) is 11.5 Å². The van der Waals surface area contributed by atoms with Crippen molar-refractivity contribution in [1.82, 2.24) is 15.5 Å². The van der Waals surface area contributed by atoms with E-state index in [1.807, 2.05) is 6.92 Å². The number of hydrogen-bond acceptors (Lipinski definition) is 5. The lowest BCUT2D eigenvalue weighted by Gasteiger charge is -2.08. The van der Waals surface area contributed by atoms with Gasteiger partial charge in [-0.05, 0) is 25.5 Å². The molecule has 0 unspecified atom stereocenters. The van der Waals surface area contributed by atoms with Crippen molar-refractivity contribution in [2.45, 2.75) is 30.7 Å². The van der Waals surface area contributed by atoms with Gasteiger partial charge in [0.25, 0.3) is 11.1 Å². The van der Waals surface area contributed by atoms with Crippen molar-refractivity contribution in [2.75, 3.05) is 6.54 Å². The average Bonchev–Trinajstić information content (AvgIpc) is 2.93. The first-order chi connectivity index (χ1) is 10.1. The molecule has 0 saturated heterocycles. The fraction of sp³-hybridized carbons (Fsp3) is 0.357. The number of carbonyl (C=O) groups is 1. The summed E-state index contributed by atoms with van der Waals surface area (Å²) in [5.41, 5.74) is 0.250. The van der Waals surface area contributed by atoms with E-state index < -0.39 is 5.82 Å². The molecule has 1 heterocycles. The standard InChI is InChI=1S/C14H16FN3O2S/c1-3-8-16-12(19)9(2)21-14-18-17-13(20-14)10-6-4-5-7-11(10)15/h4-7,9H,3,8H2,1-2H3,(H,16,19)/t9-/m0/s1. The van der Waals surface area contributed by atoms with Gasteiger partial charge in [0.2, 0.25) is 5.91 Å². The summed E-state index contributed by atoms with van der Waals surface area (Å²) in [5, 5.41) is 10.3. The Morgan fingerprint density at radius 2 is 2.19 bits per heavy atom. The van der Waals surface area contributed by atoms with E-state index in [1.54, 1.807) is 25.1 Å². The van der Waals surface area contributed by atoms with Crippen molar-refractivity contribution in [1.29, 1.82) is 0 Å². The molecule has 1 aromatic carbocycles. The second kappa shape index (κ2) is 7.21. The van der Waals surface area contributed by atoms with Crippen LogP contribution in [0, 0.1) is 5.82 Å². The van der Waals surface area contributed by atoms with Gasteiger partial charge in [-0.3, -0.25) is 4.79 Å². The van der Waals surface area contributed by atoms with Gasteiger partial charge in [0.1, 0.15) is 5.82 Å². The van der Waals surface area contributed by atoms with Gasteiger partial charge in [-0.2, -0.15) is 0 Å². The van der Waals surface area contributed by atoms with E-state index in [1.165, 1.54) is 6.07 Å². The van der Waals surface area contributed by atoms with Gasteiger partial charge < -0.3 is 9.73 Å². The first-order valence-corrected chi connectivity index (χ1v) is 7.52. The molecule has 2 aromatic rings. The van der Waals surface area contributed by atoms with E-state index in [9.17, 15) is 9.18 Å². The molecule has 1 aromatic heterocycles. The van der Waals surface area contributed by atoms with Crippen molar-refractivity contribution in [2.24, 2.45) is 0 Å². The lowest BCUT2D eigenvalue weighted by atomic mass is 10.2. The van der Waals surface area contributed by atoms with E-state index in [4.69, 9.17) is 4.42 Å². The maximum Gasteiger partial charge on any atom is 0.277 e. The summed E-state index contributed by atoms with van der Waals surface area (Å²) in [6.45, 7) is 4.37. The SMILES string of the molecule is CCCNC(=O)[C@H](C)Sc1nnc(-c2ccccc2F)o1. The van der Waals surface area contributed by atoms with Crippen LogP contribution in [-0.4, -0.2) is 27.9 Å². The average molecular weight is 309 g/mol. The van der Waals surface area contributed by atoms with Crippen LogP contribution in [0.5, 0.6) is 0 Å². The molecule has 112 valence electrons. The number of halogens is 1. The van der Waals surface area contributed by atoms with Crippen LogP contribution in [0.2, 0.25) is 0 Å². The summed E-state index contributed by atoms with van der Waals surface area (Å²) >= 11 is 1.15. The Kier molecular flexibility index (Phi) is 5.32. The zero-order chi connectivity index (χ0) is 15.2. The van der Waals surface area contributed by atoms with E-state index in [2.05, 4.69) is 15.5 Å². The maximum absolute atomic E-state index is 13.6. The second-order valence-electron chi connectivity index (χ2n) is 4.40. The summed E-state index contributed by atoms with van der Waals surface area (Å²) in [6.07, 6.45) is 0.876. The molecule has 0 bridgehead atoms. The first-order valence-electron chi connectivity index (χ1n) is 6.64. The molecular formula is C14H16FN3O2S. The number of nitrogens with one attached hydrogen (secondary N) is 1. The maximum atomic E-state index is 13.6. The number of benzene rings is 1. The van der Waals surface area contributed by atoms with Crippen LogP contribution in [0.15, 0.2) is 33.9 Å². The number of carbonyl (C=O) groups excluding carboxylic acids is 1. The van der Waals surface area contributed by atoms with E-state index >= 15 is 0 Å². The number of hydrogen-bond donors (Lipinski definition) is 1. The smallest absolute Gasteiger partial charge is 0.277 e. The Balaban J connectivity index is 2.04. The molecule has 2 rings (SSSR count). The van der Waals surface area contributed by atoms with Gasteiger partial charge in [-0.1, -0.05) is 30.8 Å². The highest BCUT2D eigenvalue weighted by Gasteiger charge is 2.19. The molecule has 0 radical (unpaired) electrons. The molecule has 0 spiro atoms. The quantitative estimate of drug-likeness (QED) is 0.831. The molecule has 0 fully saturated rings. The number of rotatable bonds is 6. The minimum Gasteiger partial charge on any atom is -0.411 e. The fourth-order valence-electron chi connectivity index (χ4n) is 1.60. The van der Waals surface area contributed by atoms with Gasteiger partial charge in [-0.15, -0.1) is 10.2 Å². The number of aromatic nitrogens is 2. The molecule has 1 amide bonds. The van der Waals surface area contributed by atoms with Crippen LogP contribution in [-0.2, 0) is 4.79 Å². The van der Waals surface area contributed by atoms with Crippen LogP contribution in [0.25, 0.3) is 11.5 Å². The highest BCUT2D eigenvalue weighted by Crippen LogP contribution is 2.27. The Hall–Kier alpha value is -1.89. The molecule has 0 aliphatic rings. The van der Waals surface area contributed by atoms with Crippen LogP contribution in [0.1, 0.15) is 20.3 Å². The molecule has 7 heteroatoms. The zero-order valence-corrected chi connectivity index (χ0v) is 12.6. The van der Waals surface area contributed by atoms with Gasteiger partial charge in [0.15, 0.2) is 0 Å². The normalized spacial score (nSPS) is 12.1. The monoisotopic (exact) mass is 309 g/mol. The van der Waals surface area contributed by atoms with Crippen molar-refractivity contribution in [3.63, 3.8) is 0 Å². The summed E-state index contributed by atoms with van der Waals surface area (Å²) in [6, 6.07) is 6.17. The Bertz CT molecular complexity index is 618. The molecule has 1 N–H and O–H groups in total. The minimum absolute atomic E-state index is 0.0903. The Labute approximate surface area is 126 Å². The van der Waals surface area contributed by atoms with Gasteiger partial charge in [-0.25, -0.2) is 4.39 Å². The molecule has 0 saturated carbocycles. The number of amides is 1. The Morgan fingerprint density at radius 3 is 2.90 bits per heavy atom. The van der Waals surface area contributed by atoms with Crippen LogP contribution in [0.4, 0.5) is 4.39 Å². The molecule has 5 nitrogen and oxygen atoms in total. The summed E-state index contributed by atoms with van der Waals surface area (Å²) < 4.78 is 19.0. The van der Waals surface area contributed by atoms with E-state index in [0.717, 1.165) is 18.2 Å². The fourth-order valence-corrected chi connectivity index (χ4v) is 2.31. The first kappa shape index (κ1) is 15.5.